The number of ether oxygens (including phenoxy) is 5. The zero-order chi connectivity index (χ0) is 46.4. The van der Waals surface area contributed by atoms with Gasteiger partial charge < -0.3 is 28.6 Å². The minimum absolute atomic E-state index is 0.0461. The fraction of sp³-hybridized carbons (Fsp3) is 0.580. The molecule has 2 aromatic heterocycles. The third-order valence-electron chi connectivity index (χ3n) is 13.6. The molecule has 0 N–H and O–H groups in total. The van der Waals surface area contributed by atoms with E-state index in [9.17, 15) is 22.0 Å². The molecule has 2 atom stereocenters. The number of hydrogen-bond acceptors (Lipinski definition) is 9. The number of piperidine rings is 1. The van der Waals surface area contributed by atoms with E-state index in [2.05, 4.69) is 28.7 Å². The Bertz CT molecular complexity index is 2240. The van der Waals surface area contributed by atoms with Crippen LogP contribution in [0.25, 0.3) is 0 Å². The second kappa shape index (κ2) is 18.3. The van der Waals surface area contributed by atoms with Crippen LogP contribution >= 0.6 is 0 Å². The maximum atomic E-state index is 17.9. The van der Waals surface area contributed by atoms with Crippen molar-refractivity contribution in [2.24, 2.45) is 10.8 Å². The van der Waals surface area contributed by atoms with Gasteiger partial charge in [0.1, 0.15) is 5.75 Å². The lowest BCUT2D eigenvalue weighted by Crippen LogP contribution is -2.47. The molecule has 1 saturated carbocycles. The third kappa shape index (κ3) is 10.9. The Hall–Kier alpha value is -4.47. The number of benzene rings is 2. The number of aromatic nitrogens is 3. The number of methoxy groups -OCH3 is 1. The Labute approximate surface area is 377 Å². The average molecular weight is 911 g/mol. The van der Waals surface area contributed by atoms with Gasteiger partial charge in [0.05, 0.1) is 63.3 Å². The fourth-order valence-electron chi connectivity index (χ4n) is 9.76. The standard InChI is InChI=1S/C50H60F6N4O5/c1-46(2)23-38-41(39(24-46)62-27-31-7-13-36(61-6)14-8-31)40(32-15-19-49(52,53)20-16-32)42(43(51)33-9-11-35(12-10-33)50(54,55)56)44(59-38)34-17-21-60(22-18-34)45-57-25-37(26-58-45)63-28-48(5)29-64-47(3,4)65-30-48/h7-14,25-26,32,34,39,43H,15-24,27-30H2,1-6H3. The molecule has 9 nitrogen and oxygen atoms in total. The maximum absolute atomic E-state index is 17.9. The summed E-state index contributed by atoms with van der Waals surface area (Å²) in [6.07, 6.45) is -1.97. The van der Waals surface area contributed by atoms with Gasteiger partial charge in [0.15, 0.2) is 17.7 Å². The highest BCUT2D eigenvalue weighted by atomic mass is 19.4. The molecule has 4 aromatic rings. The highest BCUT2D eigenvalue weighted by molar-refractivity contribution is 5.51. The van der Waals surface area contributed by atoms with Crippen molar-refractivity contribution in [2.75, 3.05) is 44.9 Å². The van der Waals surface area contributed by atoms with Crippen molar-refractivity contribution in [2.45, 2.75) is 135 Å². The summed E-state index contributed by atoms with van der Waals surface area (Å²) < 4.78 is 119. The molecule has 0 radical (unpaired) electrons. The zero-order valence-corrected chi connectivity index (χ0v) is 38.1. The summed E-state index contributed by atoms with van der Waals surface area (Å²) in [5.74, 6) is -2.46. The van der Waals surface area contributed by atoms with Gasteiger partial charge in [0, 0.05) is 54.1 Å². The number of anilines is 1. The first-order valence-corrected chi connectivity index (χ1v) is 22.7. The van der Waals surface area contributed by atoms with Crippen molar-refractivity contribution in [1.82, 2.24) is 15.0 Å². The molecule has 2 aliphatic carbocycles. The predicted molar refractivity (Wildman–Crippen MR) is 233 cm³/mol. The van der Waals surface area contributed by atoms with Crippen LogP contribution in [0.5, 0.6) is 11.5 Å². The van der Waals surface area contributed by atoms with Crippen molar-refractivity contribution < 1.29 is 50.0 Å². The van der Waals surface area contributed by atoms with Gasteiger partial charge in [-0.3, -0.25) is 4.98 Å². The zero-order valence-electron chi connectivity index (χ0n) is 38.1. The van der Waals surface area contributed by atoms with Gasteiger partial charge >= 0.3 is 6.18 Å². The summed E-state index contributed by atoms with van der Waals surface area (Å²) in [5.41, 5.74) is 2.38. The SMILES string of the molecule is COc1ccc(COC2CC(C)(C)Cc3nc(C4CCN(c5ncc(OCC6(C)COC(C)(C)OC6)cn5)CC4)c(C(F)c4ccc(C(F)(F)F)cc4)c(C4CCC(F)(F)CC4)c32)cc1. The molecular formula is C50H60F6N4O5. The van der Waals surface area contributed by atoms with Gasteiger partial charge in [-0.1, -0.05) is 45.0 Å². The van der Waals surface area contributed by atoms with Crippen molar-refractivity contribution in [3.05, 3.63) is 106 Å². The number of nitrogens with zero attached hydrogens (tertiary/aromatic N) is 4. The monoisotopic (exact) mass is 910 g/mol. The first-order chi connectivity index (χ1) is 30.7. The van der Waals surface area contributed by atoms with E-state index in [-0.39, 0.29) is 60.2 Å². The first kappa shape index (κ1) is 47.0. The lowest BCUT2D eigenvalue weighted by Gasteiger charge is -2.42. The predicted octanol–water partition coefficient (Wildman–Crippen LogP) is 12.0. The molecule has 8 rings (SSSR count). The van der Waals surface area contributed by atoms with E-state index < -0.39 is 41.6 Å². The van der Waals surface area contributed by atoms with E-state index in [1.165, 1.54) is 12.1 Å². The normalized spacial score (nSPS) is 22.5. The van der Waals surface area contributed by atoms with Crippen molar-refractivity contribution >= 4 is 5.95 Å². The Kier molecular flexibility index (Phi) is 13.3. The maximum Gasteiger partial charge on any atom is 0.416 e. The minimum Gasteiger partial charge on any atom is -0.497 e. The fourth-order valence-corrected chi connectivity index (χ4v) is 9.76. The summed E-state index contributed by atoms with van der Waals surface area (Å²) in [6.45, 7) is 12.7. The minimum atomic E-state index is -4.61. The summed E-state index contributed by atoms with van der Waals surface area (Å²) in [4.78, 5) is 16.7. The van der Waals surface area contributed by atoms with Crippen LogP contribution in [0.3, 0.4) is 0 Å². The number of rotatable bonds is 12. The number of halogens is 6. The first-order valence-electron chi connectivity index (χ1n) is 22.7. The van der Waals surface area contributed by atoms with E-state index >= 15 is 4.39 Å². The van der Waals surface area contributed by atoms with Crippen molar-refractivity contribution in [3.8, 4) is 11.5 Å². The third-order valence-corrected chi connectivity index (χ3v) is 13.6. The van der Waals surface area contributed by atoms with Gasteiger partial charge in [-0.05, 0) is 105 Å². The van der Waals surface area contributed by atoms with Crippen LogP contribution in [-0.2, 0) is 33.4 Å². The van der Waals surface area contributed by atoms with Gasteiger partial charge in [-0.2, -0.15) is 13.2 Å². The number of pyridine rings is 1. The van der Waals surface area contributed by atoms with Crippen molar-refractivity contribution in [1.29, 1.82) is 0 Å². The second-order valence-corrected chi connectivity index (χ2v) is 20.0. The molecule has 2 aliphatic heterocycles. The van der Waals surface area contributed by atoms with Gasteiger partial charge in [0.2, 0.25) is 11.9 Å². The van der Waals surface area contributed by atoms with Gasteiger partial charge in [-0.15, -0.1) is 0 Å². The van der Waals surface area contributed by atoms with E-state index in [4.69, 9.17) is 28.7 Å². The summed E-state index contributed by atoms with van der Waals surface area (Å²) in [6, 6.07) is 11.7. The quantitative estimate of drug-likeness (QED) is 0.129. The summed E-state index contributed by atoms with van der Waals surface area (Å²) in [7, 11) is 1.59. The largest absolute Gasteiger partial charge is 0.497 e. The van der Waals surface area contributed by atoms with E-state index in [1.807, 2.05) is 45.0 Å². The molecule has 0 bridgehead atoms. The molecule has 2 aromatic carbocycles. The molecule has 4 aliphatic rings. The van der Waals surface area contributed by atoms with E-state index in [0.29, 0.717) is 87.3 Å². The number of alkyl halides is 6. The van der Waals surface area contributed by atoms with E-state index in [0.717, 1.165) is 29.0 Å². The summed E-state index contributed by atoms with van der Waals surface area (Å²) >= 11 is 0. The Morgan fingerprint density at radius 3 is 2.05 bits per heavy atom. The van der Waals surface area contributed by atoms with Crippen molar-refractivity contribution in [3.63, 3.8) is 0 Å². The molecule has 2 saturated heterocycles. The highest BCUT2D eigenvalue weighted by Crippen LogP contribution is 2.53. The smallest absolute Gasteiger partial charge is 0.416 e. The Balaban J connectivity index is 1.13. The molecule has 352 valence electrons. The van der Waals surface area contributed by atoms with E-state index in [1.54, 1.807) is 19.5 Å². The lowest BCUT2D eigenvalue weighted by molar-refractivity contribution is -0.285. The van der Waals surface area contributed by atoms with Crippen LogP contribution in [-0.4, -0.2) is 66.7 Å². The van der Waals surface area contributed by atoms with Crippen LogP contribution in [0, 0.1) is 10.8 Å². The molecular weight excluding hydrogens is 851 g/mol. The van der Waals surface area contributed by atoms with Gasteiger partial charge in [0.25, 0.3) is 0 Å². The Morgan fingerprint density at radius 1 is 0.815 bits per heavy atom. The van der Waals surface area contributed by atoms with Gasteiger partial charge in [-0.25, -0.2) is 23.1 Å². The Morgan fingerprint density at radius 2 is 1.45 bits per heavy atom. The van der Waals surface area contributed by atoms with Crippen LogP contribution in [0.4, 0.5) is 32.3 Å². The molecule has 2 unspecified atom stereocenters. The molecule has 15 heteroatoms. The second-order valence-electron chi connectivity index (χ2n) is 20.0. The topological polar surface area (TPSA) is 88.1 Å². The molecule has 0 spiro atoms. The number of hydrogen-bond donors (Lipinski definition) is 0. The molecule has 4 heterocycles. The van der Waals surface area contributed by atoms with Crippen LogP contribution in [0.2, 0.25) is 0 Å². The van der Waals surface area contributed by atoms with Crippen LogP contribution < -0.4 is 14.4 Å². The number of fused-ring (bicyclic) bond motifs is 1. The molecule has 0 amide bonds. The van der Waals surface area contributed by atoms with Crippen LogP contribution in [0.1, 0.15) is 148 Å². The lowest BCUT2D eigenvalue weighted by atomic mass is 9.68. The molecule has 65 heavy (non-hydrogen) atoms. The summed E-state index contributed by atoms with van der Waals surface area (Å²) in [5, 5.41) is 0. The molecule has 3 fully saturated rings. The average Bonchev–Trinajstić information content (AvgIpc) is 3.28. The van der Waals surface area contributed by atoms with Crippen LogP contribution in [0.15, 0.2) is 60.9 Å². The highest BCUT2D eigenvalue weighted by Gasteiger charge is 2.45.